The number of ether oxygens (including phenoxy) is 1. The Balaban J connectivity index is 1.52. The molecule has 32 heavy (non-hydrogen) atoms. The lowest BCUT2D eigenvalue weighted by Gasteiger charge is -2.25. The maximum atomic E-state index is 12.9. The van der Waals surface area contributed by atoms with Gasteiger partial charge in [0, 0.05) is 26.1 Å². The fraction of sp³-hybridized carbons (Fsp3) is 0.269. The number of methoxy groups -OCH3 is 1. The Morgan fingerprint density at radius 1 is 1.06 bits per heavy atom. The van der Waals surface area contributed by atoms with Crippen molar-refractivity contribution in [3.63, 3.8) is 0 Å². The molecule has 1 atom stereocenters. The van der Waals surface area contributed by atoms with Crippen LogP contribution in [-0.4, -0.2) is 39.5 Å². The van der Waals surface area contributed by atoms with Crippen molar-refractivity contribution in [1.29, 1.82) is 0 Å². The van der Waals surface area contributed by atoms with Crippen molar-refractivity contribution in [1.82, 2.24) is 19.4 Å². The summed E-state index contributed by atoms with van der Waals surface area (Å²) in [5.41, 5.74) is 3.92. The van der Waals surface area contributed by atoms with Gasteiger partial charge in [0.05, 0.1) is 19.7 Å². The molecule has 0 saturated carbocycles. The minimum atomic E-state index is 0.0171. The number of aromatic nitrogens is 3. The molecule has 0 bridgehead atoms. The first-order valence-corrected chi connectivity index (χ1v) is 10.8. The fourth-order valence-electron chi connectivity index (χ4n) is 3.84. The number of hydrogen-bond acceptors (Lipinski definition) is 4. The zero-order valence-electron chi connectivity index (χ0n) is 18.7. The molecule has 2 heterocycles. The third-order valence-corrected chi connectivity index (χ3v) is 5.90. The Morgan fingerprint density at radius 2 is 1.81 bits per heavy atom. The van der Waals surface area contributed by atoms with Gasteiger partial charge in [0.15, 0.2) is 5.65 Å². The van der Waals surface area contributed by atoms with E-state index in [4.69, 9.17) is 9.72 Å². The van der Waals surface area contributed by atoms with E-state index in [1.807, 2.05) is 78.7 Å². The highest BCUT2D eigenvalue weighted by Gasteiger charge is 2.19. The molecule has 4 aromatic rings. The molecule has 1 amide bonds. The highest BCUT2D eigenvalue weighted by atomic mass is 16.5. The van der Waals surface area contributed by atoms with Crippen molar-refractivity contribution in [3.05, 3.63) is 89.9 Å². The second-order valence-corrected chi connectivity index (χ2v) is 7.90. The average molecular weight is 429 g/mol. The topological polar surface area (TPSA) is 60.2 Å². The van der Waals surface area contributed by atoms with Crippen molar-refractivity contribution >= 4 is 17.1 Å². The van der Waals surface area contributed by atoms with Crippen molar-refractivity contribution in [3.8, 4) is 5.75 Å². The second-order valence-electron chi connectivity index (χ2n) is 7.90. The van der Waals surface area contributed by atoms with Crippen molar-refractivity contribution in [2.45, 2.75) is 32.4 Å². The summed E-state index contributed by atoms with van der Waals surface area (Å²) in [6, 6.07) is 21.9. The van der Waals surface area contributed by atoms with Gasteiger partial charge >= 0.3 is 0 Å². The largest absolute Gasteiger partial charge is 0.497 e. The monoisotopic (exact) mass is 428 g/mol. The van der Waals surface area contributed by atoms with Gasteiger partial charge in [-0.25, -0.2) is 9.97 Å². The summed E-state index contributed by atoms with van der Waals surface area (Å²) in [4.78, 5) is 24.1. The van der Waals surface area contributed by atoms with Crippen LogP contribution in [0.2, 0.25) is 0 Å². The number of benzene rings is 2. The quantitative estimate of drug-likeness (QED) is 0.410. The molecule has 0 aliphatic heterocycles. The predicted molar refractivity (Wildman–Crippen MR) is 126 cm³/mol. The number of carbonyl (C=O) groups is 1. The lowest BCUT2D eigenvalue weighted by atomic mass is 10.1. The number of aryl methyl sites for hydroxylation is 1. The predicted octanol–water partition coefficient (Wildman–Crippen LogP) is 4.64. The van der Waals surface area contributed by atoms with Gasteiger partial charge in [-0.05, 0) is 42.3 Å². The van der Waals surface area contributed by atoms with Crippen LogP contribution in [0.25, 0.3) is 11.2 Å². The molecule has 6 heteroatoms. The van der Waals surface area contributed by atoms with Gasteiger partial charge < -0.3 is 14.2 Å². The van der Waals surface area contributed by atoms with Crippen LogP contribution in [0, 0.1) is 0 Å². The molecule has 2 aromatic heterocycles. The molecule has 0 fully saturated rings. The first-order chi connectivity index (χ1) is 15.6. The van der Waals surface area contributed by atoms with Crippen LogP contribution >= 0.6 is 0 Å². The molecular formula is C26H28N4O2. The van der Waals surface area contributed by atoms with Crippen LogP contribution in [0.3, 0.4) is 0 Å². The Labute approximate surface area is 188 Å². The average Bonchev–Trinajstić information content (AvgIpc) is 3.19. The van der Waals surface area contributed by atoms with E-state index in [9.17, 15) is 4.79 Å². The van der Waals surface area contributed by atoms with Gasteiger partial charge in [-0.2, -0.15) is 0 Å². The van der Waals surface area contributed by atoms with Crippen LogP contribution < -0.4 is 4.74 Å². The summed E-state index contributed by atoms with van der Waals surface area (Å²) in [6.07, 6.45) is 2.72. The van der Waals surface area contributed by atoms with Gasteiger partial charge in [-0.3, -0.25) is 4.79 Å². The van der Waals surface area contributed by atoms with Crippen LogP contribution in [-0.2, 0) is 17.8 Å². The number of imidazole rings is 1. The van der Waals surface area contributed by atoms with E-state index in [2.05, 4.69) is 16.5 Å². The number of amides is 1. The lowest BCUT2D eigenvalue weighted by Crippen LogP contribution is -2.30. The van der Waals surface area contributed by atoms with Crippen LogP contribution in [0.4, 0.5) is 0 Å². The van der Waals surface area contributed by atoms with Crippen LogP contribution in [0.1, 0.15) is 36.3 Å². The number of carbonyl (C=O) groups excluding carboxylic acids is 1. The molecule has 6 nitrogen and oxygen atoms in total. The second kappa shape index (κ2) is 9.64. The van der Waals surface area contributed by atoms with Gasteiger partial charge in [0.1, 0.15) is 17.1 Å². The number of rotatable bonds is 8. The molecule has 4 rings (SSSR count). The summed E-state index contributed by atoms with van der Waals surface area (Å²) in [5, 5.41) is 0. The highest BCUT2D eigenvalue weighted by molar-refractivity contribution is 5.77. The Bertz CT molecular complexity index is 1190. The first-order valence-electron chi connectivity index (χ1n) is 10.8. The summed E-state index contributed by atoms with van der Waals surface area (Å²) < 4.78 is 7.37. The van der Waals surface area contributed by atoms with Gasteiger partial charge in [-0.1, -0.05) is 42.5 Å². The maximum absolute atomic E-state index is 12.9. The van der Waals surface area contributed by atoms with E-state index >= 15 is 0 Å². The summed E-state index contributed by atoms with van der Waals surface area (Å²) in [7, 11) is 3.52. The summed E-state index contributed by atoms with van der Waals surface area (Å²) >= 11 is 0. The van der Waals surface area contributed by atoms with Gasteiger partial charge in [0.25, 0.3) is 0 Å². The third kappa shape index (κ3) is 4.64. The molecule has 0 aliphatic carbocycles. The van der Waals surface area contributed by atoms with Crippen LogP contribution in [0.5, 0.6) is 5.75 Å². The zero-order chi connectivity index (χ0) is 22.5. The minimum Gasteiger partial charge on any atom is -0.497 e. The SMILES string of the molecule is COc1ccc(Cn2c(CCC(=O)N(C)[C@@H](C)c3ccccc3)nc3cccnc32)cc1. The molecule has 0 N–H and O–H groups in total. The lowest BCUT2D eigenvalue weighted by molar-refractivity contribution is -0.131. The van der Waals surface area contributed by atoms with Crippen LogP contribution in [0.15, 0.2) is 72.9 Å². The highest BCUT2D eigenvalue weighted by Crippen LogP contribution is 2.21. The van der Waals surface area contributed by atoms with E-state index in [0.717, 1.165) is 33.9 Å². The van der Waals surface area contributed by atoms with Gasteiger partial charge in [-0.15, -0.1) is 0 Å². The van der Waals surface area contributed by atoms with E-state index in [1.54, 1.807) is 13.3 Å². The summed E-state index contributed by atoms with van der Waals surface area (Å²) in [5.74, 6) is 1.78. The van der Waals surface area contributed by atoms with Crippen molar-refractivity contribution in [2.75, 3.05) is 14.2 Å². The number of hydrogen-bond donors (Lipinski definition) is 0. The molecule has 2 aromatic carbocycles. The molecule has 0 saturated heterocycles. The normalized spacial score (nSPS) is 12.0. The molecular weight excluding hydrogens is 400 g/mol. The number of nitrogens with zero attached hydrogens (tertiary/aromatic N) is 4. The number of fused-ring (bicyclic) bond motifs is 1. The molecule has 164 valence electrons. The molecule has 0 aliphatic rings. The fourth-order valence-corrected chi connectivity index (χ4v) is 3.84. The van der Waals surface area contributed by atoms with Crippen molar-refractivity contribution < 1.29 is 9.53 Å². The van der Waals surface area contributed by atoms with E-state index in [-0.39, 0.29) is 11.9 Å². The van der Waals surface area contributed by atoms with Gasteiger partial charge in [0.2, 0.25) is 5.91 Å². The standard InChI is InChI=1S/C26H28N4O2/c1-19(21-8-5-4-6-9-21)29(2)25(31)16-15-24-28-23-10-7-17-27-26(23)30(24)18-20-11-13-22(32-3)14-12-20/h4-14,17,19H,15-16,18H2,1-3H3/t19-/m0/s1. The smallest absolute Gasteiger partial charge is 0.223 e. The van der Waals surface area contributed by atoms with E-state index < -0.39 is 0 Å². The van der Waals surface area contributed by atoms with Crippen molar-refractivity contribution in [2.24, 2.45) is 0 Å². The molecule has 0 unspecified atom stereocenters. The Kier molecular flexibility index (Phi) is 6.50. The third-order valence-electron chi connectivity index (χ3n) is 5.90. The Morgan fingerprint density at radius 3 is 2.53 bits per heavy atom. The summed E-state index contributed by atoms with van der Waals surface area (Å²) in [6.45, 7) is 2.69. The first kappa shape index (κ1) is 21.6. The number of pyridine rings is 1. The molecule has 0 spiro atoms. The minimum absolute atomic E-state index is 0.0171. The zero-order valence-corrected chi connectivity index (χ0v) is 18.7. The molecule has 0 radical (unpaired) electrons. The van der Waals surface area contributed by atoms with E-state index in [1.165, 1.54) is 0 Å². The Hall–Kier alpha value is -3.67. The maximum Gasteiger partial charge on any atom is 0.223 e. The van der Waals surface area contributed by atoms with E-state index in [0.29, 0.717) is 19.4 Å².